The summed E-state index contributed by atoms with van der Waals surface area (Å²) in [6.45, 7) is 10.8. The Bertz CT molecular complexity index is 595. The Hall–Kier alpha value is -1.76. The first-order chi connectivity index (χ1) is 10.8. The zero-order valence-electron chi connectivity index (χ0n) is 14.2. The molecule has 4 rings (SSSR count). The largest absolute Gasteiger partial charge is 0.444 e. The van der Waals surface area contributed by atoms with Crippen LogP contribution in [0, 0.1) is 0 Å². The highest BCUT2D eigenvalue weighted by molar-refractivity contribution is 5.93. The minimum absolute atomic E-state index is 0.0212. The molecule has 0 N–H and O–H groups in total. The van der Waals surface area contributed by atoms with Gasteiger partial charge in [-0.2, -0.15) is 0 Å². The van der Waals surface area contributed by atoms with E-state index in [-0.39, 0.29) is 18.5 Å². The Labute approximate surface area is 136 Å². The van der Waals surface area contributed by atoms with Crippen LogP contribution in [0.5, 0.6) is 0 Å². The lowest BCUT2D eigenvalue weighted by Gasteiger charge is -2.38. The number of rotatable bonds is 0. The van der Waals surface area contributed by atoms with Crippen LogP contribution in [0.15, 0.2) is 16.9 Å². The number of ether oxygens (including phenoxy) is 2. The summed E-state index contributed by atoms with van der Waals surface area (Å²) in [4.78, 5) is 23.3. The maximum Gasteiger partial charge on any atom is 0.410 e. The van der Waals surface area contributed by atoms with E-state index in [4.69, 9.17) is 9.47 Å². The predicted molar refractivity (Wildman–Crippen MR) is 84.9 cm³/mol. The standard InChI is InChI=1S/C16H24N4O3/c1-10-7-12-19-6-5-18(15(21)23-16(2,3)4)8-11(19)9-20(12)14-13(17-10)22-14/h7,11,13-14H,5-6,8-9H2,1-4H3. The van der Waals surface area contributed by atoms with E-state index in [2.05, 4.69) is 20.9 Å². The van der Waals surface area contributed by atoms with Crippen molar-refractivity contribution in [3.05, 3.63) is 11.9 Å². The number of fused-ring (bicyclic) bond motifs is 5. The third-order valence-corrected chi connectivity index (χ3v) is 4.55. The molecule has 0 aliphatic carbocycles. The molecule has 1 amide bonds. The summed E-state index contributed by atoms with van der Waals surface area (Å²) in [6.07, 6.45) is 1.97. The van der Waals surface area contributed by atoms with Crippen LogP contribution in [-0.2, 0) is 9.47 Å². The van der Waals surface area contributed by atoms with Crippen molar-refractivity contribution in [1.82, 2.24) is 14.7 Å². The first kappa shape index (κ1) is 14.8. The van der Waals surface area contributed by atoms with E-state index in [0.717, 1.165) is 18.8 Å². The quantitative estimate of drug-likeness (QED) is 0.628. The number of amides is 1. The van der Waals surface area contributed by atoms with Gasteiger partial charge in [0.25, 0.3) is 0 Å². The van der Waals surface area contributed by atoms with Crippen molar-refractivity contribution >= 4 is 11.8 Å². The second-order valence-corrected chi connectivity index (χ2v) is 7.62. The van der Waals surface area contributed by atoms with Gasteiger partial charge in [-0.15, -0.1) is 0 Å². The number of nitrogens with zero attached hydrogens (tertiary/aromatic N) is 4. The molecule has 3 saturated heterocycles. The molecule has 3 unspecified atom stereocenters. The molecule has 7 nitrogen and oxygen atoms in total. The fourth-order valence-electron chi connectivity index (χ4n) is 3.53. The van der Waals surface area contributed by atoms with Gasteiger partial charge in [0.1, 0.15) is 11.4 Å². The van der Waals surface area contributed by atoms with E-state index in [9.17, 15) is 4.79 Å². The van der Waals surface area contributed by atoms with E-state index >= 15 is 0 Å². The maximum atomic E-state index is 12.3. The van der Waals surface area contributed by atoms with Crippen LogP contribution in [-0.4, -0.2) is 76.8 Å². The highest BCUT2D eigenvalue weighted by Crippen LogP contribution is 2.39. The molecule has 4 aliphatic heterocycles. The smallest absolute Gasteiger partial charge is 0.410 e. The Balaban J connectivity index is 1.48. The summed E-state index contributed by atoms with van der Waals surface area (Å²) >= 11 is 0. The van der Waals surface area contributed by atoms with Crippen LogP contribution in [0.1, 0.15) is 27.7 Å². The molecule has 3 fully saturated rings. The van der Waals surface area contributed by atoms with Crippen LogP contribution in [0.3, 0.4) is 0 Å². The number of hydrogen-bond acceptors (Lipinski definition) is 6. The number of piperazine rings is 1. The minimum Gasteiger partial charge on any atom is -0.444 e. The minimum atomic E-state index is -0.454. The lowest BCUT2D eigenvalue weighted by Crippen LogP contribution is -2.53. The fourth-order valence-corrected chi connectivity index (χ4v) is 3.53. The van der Waals surface area contributed by atoms with Crippen LogP contribution >= 0.6 is 0 Å². The predicted octanol–water partition coefficient (Wildman–Crippen LogP) is 1.22. The van der Waals surface area contributed by atoms with E-state index in [1.165, 1.54) is 5.82 Å². The molecule has 0 spiro atoms. The first-order valence-corrected chi connectivity index (χ1v) is 8.24. The third-order valence-electron chi connectivity index (χ3n) is 4.55. The van der Waals surface area contributed by atoms with E-state index < -0.39 is 5.60 Å². The molecular weight excluding hydrogens is 296 g/mol. The topological polar surface area (TPSA) is 60.9 Å². The first-order valence-electron chi connectivity index (χ1n) is 8.24. The number of epoxide rings is 1. The average Bonchev–Trinajstić information content (AvgIpc) is 3.12. The van der Waals surface area contributed by atoms with E-state index in [0.29, 0.717) is 19.1 Å². The monoisotopic (exact) mass is 320 g/mol. The van der Waals surface area contributed by atoms with Crippen molar-refractivity contribution in [2.45, 2.75) is 51.8 Å². The van der Waals surface area contributed by atoms with Crippen molar-refractivity contribution in [2.75, 3.05) is 26.2 Å². The van der Waals surface area contributed by atoms with Crippen LogP contribution < -0.4 is 0 Å². The summed E-state index contributed by atoms with van der Waals surface area (Å²) in [5.74, 6) is 1.19. The molecule has 7 heteroatoms. The second-order valence-electron chi connectivity index (χ2n) is 7.62. The second kappa shape index (κ2) is 4.87. The summed E-state index contributed by atoms with van der Waals surface area (Å²) in [5, 5.41) is 0. The molecule has 0 aromatic rings. The Morgan fingerprint density at radius 2 is 2.09 bits per heavy atom. The summed E-state index contributed by atoms with van der Waals surface area (Å²) in [5.41, 5.74) is 0.551. The number of hydrogen-bond donors (Lipinski definition) is 0. The summed E-state index contributed by atoms with van der Waals surface area (Å²) in [6, 6.07) is 0.290. The molecule has 4 aliphatic rings. The van der Waals surface area contributed by atoms with Gasteiger partial charge in [0.05, 0.1) is 6.04 Å². The third kappa shape index (κ3) is 2.67. The molecule has 0 saturated carbocycles. The average molecular weight is 320 g/mol. The van der Waals surface area contributed by atoms with Gasteiger partial charge in [-0.3, -0.25) is 4.99 Å². The molecular formula is C16H24N4O3. The Kier molecular flexibility index (Phi) is 3.13. The van der Waals surface area contributed by atoms with Gasteiger partial charge in [0, 0.05) is 31.9 Å². The SMILES string of the molecule is CC1=NC2OC2N2CC3CN(C(=O)OC(C)(C)C)CCN3C2=C1. The van der Waals surface area contributed by atoms with Crippen molar-refractivity contribution in [3.63, 3.8) is 0 Å². The van der Waals surface area contributed by atoms with E-state index in [1.807, 2.05) is 32.6 Å². The number of carbonyl (C=O) groups excluding carboxylic acids is 1. The van der Waals surface area contributed by atoms with Crippen LogP contribution in [0.4, 0.5) is 4.79 Å². The lowest BCUT2D eigenvalue weighted by atomic mass is 10.2. The summed E-state index contributed by atoms with van der Waals surface area (Å²) in [7, 11) is 0. The lowest BCUT2D eigenvalue weighted by molar-refractivity contribution is 0.0122. The van der Waals surface area contributed by atoms with Crippen molar-refractivity contribution in [2.24, 2.45) is 4.99 Å². The highest BCUT2D eigenvalue weighted by atomic mass is 16.6. The fraction of sp³-hybridized carbons (Fsp3) is 0.750. The molecule has 0 radical (unpaired) electrons. The zero-order chi connectivity index (χ0) is 16.4. The Morgan fingerprint density at radius 1 is 1.30 bits per heavy atom. The molecule has 4 heterocycles. The van der Waals surface area contributed by atoms with Gasteiger partial charge in [-0.25, -0.2) is 4.79 Å². The number of aliphatic imine (C=N–C) groups is 1. The van der Waals surface area contributed by atoms with E-state index in [1.54, 1.807) is 0 Å². The number of allylic oxidation sites excluding steroid dienone is 1. The van der Waals surface area contributed by atoms with Gasteiger partial charge in [-0.1, -0.05) is 0 Å². The molecule has 0 aromatic heterocycles. The molecule has 23 heavy (non-hydrogen) atoms. The van der Waals surface area contributed by atoms with Gasteiger partial charge in [-0.05, 0) is 33.8 Å². The maximum absolute atomic E-state index is 12.3. The van der Waals surface area contributed by atoms with Crippen molar-refractivity contribution in [3.8, 4) is 0 Å². The zero-order valence-corrected chi connectivity index (χ0v) is 14.2. The van der Waals surface area contributed by atoms with Crippen LogP contribution in [0.2, 0.25) is 0 Å². The highest BCUT2D eigenvalue weighted by Gasteiger charge is 2.52. The van der Waals surface area contributed by atoms with Crippen molar-refractivity contribution in [1.29, 1.82) is 0 Å². The summed E-state index contributed by atoms with van der Waals surface area (Å²) < 4.78 is 11.2. The van der Waals surface area contributed by atoms with Gasteiger partial charge in [0.15, 0.2) is 12.5 Å². The van der Waals surface area contributed by atoms with Gasteiger partial charge >= 0.3 is 6.09 Å². The molecule has 0 bridgehead atoms. The molecule has 3 atom stereocenters. The van der Waals surface area contributed by atoms with Crippen molar-refractivity contribution < 1.29 is 14.3 Å². The van der Waals surface area contributed by atoms with Gasteiger partial charge in [0.2, 0.25) is 0 Å². The van der Waals surface area contributed by atoms with Gasteiger partial charge < -0.3 is 24.2 Å². The molecule has 0 aromatic carbocycles. The Morgan fingerprint density at radius 3 is 2.83 bits per heavy atom. The molecule has 126 valence electrons. The van der Waals surface area contributed by atoms with Crippen LogP contribution in [0.25, 0.3) is 0 Å². The normalized spacial score (nSPS) is 32.3. The number of carbonyl (C=O) groups is 1.